The van der Waals surface area contributed by atoms with E-state index in [4.69, 9.17) is 16.3 Å². The second-order valence-electron chi connectivity index (χ2n) is 29.8. The summed E-state index contributed by atoms with van der Waals surface area (Å²) in [5, 5.41) is 8.10. The van der Waals surface area contributed by atoms with Gasteiger partial charge in [0.2, 0.25) is 70.9 Å². The maximum Gasteiger partial charge on any atom is 0.417 e. The molecule has 2 aliphatic carbocycles. The average molecular weight is 1510 g/mol. The van der Waals surface area contributed by atoms with Crippen molar-refractivity contribution in [3.8, 4) is 0 Å². The number of halogens is 4. The van der Waals surface area contributed by atoms with Crippen molar-refractivity contribution in [2.24, 2.45) is 17.8 Å². The Labute approximate surface area is 627 Å². The minimum atomic E-state index is -4.79. The van der Waals surface area contributed by atoms with Gasteiger partial charge in [0.05, 0.1) is 43.3 Å². The molecule has 2 saturated heterocycles. The van der Waals surface area contributed by atoms with E-state index in [9.17, 15) is 41.9 Å². The molecule has 106 heavy (non-hydrogen) atoms. The van der Waals surface area contributed by atoms with E-state index in [-0.39, 0.29) is 82.5 Å². The van der Waals surface area contributed by atoms with Crippen LogP contribution in [0.4, 0.5) is 13.2 Å². The van der Waals surface area contributed by atoms with Crippen LogP contribution in [0.5, 0.6) is 0 Å². The summed E-state index contributed by atoms with van der Waals surface area (Å²) in [5.74, 6) is -9.80. The second-order valence-corrected chi connectivity index (χ2v) is 30.2. The molecule has 2 heterocycles. The fourth-order valence-electron chi connectivity index (χ4n) is 14.8. The van der Waals surface area contributed by atoms with Crippen LogP contribution < -0.4 is 16.0 Å². The number of carbonyl (C=O) groups is 12. The van der Waals surface area contributed by atoms with Crippen LogP contribution in [0.1, 0.15) is 146 Å². The Kier molecular flexibility index (Phi) is 31.8. The summed E-state index contributed by atoms with van der Waals surface area (Å²) in [6.45, 7) is 14.7. The Hall–Kier alpha value is -8.40. The lowest BCUT2D eigenvalue weighted by atomic mass is 9.90. The number of ether oxygens (including phenoxy) is 1. The average Bonchev–Trinajstić information content (AvgIpc) is 1.50. The van der Waals surface area contributed by atoms with Gasteiger partial charge < -0.3 is 64.8 Å². The summed E-state index contributed by atoms with van der Waals surface area (Å²) in [4.78, 5) is 193. The number of nitrogens with zero attached hydrogens (tertiary/aromatic N) is 9. The summed E-state index contributed by atoms with van der Waals surface area (Å²) < 4.78 is 47.8. The number of nitrogens with one attached hydrogen (secondary N) is 3. The molecule has 2 aliphatic heterocycles. The maximum absolute atomic E-state index is 15.7. The van der Waals surface area contributed by atoms with Crippen molar-refractivity contribution in [3.63, 3.8) is 0 Å². The van der Waals surface area contributed by atoms with E-state index in [0.717, 1.165) is 45.2 Å². The van der Waals surface area contributed by atoms with Crippen LogP contribution in [0.25, 0.3) is 0 Å². The fourth-order valence-corrected chi connectivity index (χ4v) is 15.1. The Balaban J connectivity index is 1.51. The number of alkyl halides is 3. The molecule has 0 radical (unpaired) electrons. The molecule has 12 amide bonds. The van der Waals surface area contributed by atoms with Gasteiger partial charge in [-0.1, -0.05) is 119 Å². The third kappa shape index (κ3) is 21.9. The van der Waals surface area contributed by atoms with Crippen LogP contribution in [-0.2, 0) is 81.3 Å². The van der Waals surface area contributed by atoms with Crippen molar-refractivity contribution in [3.05, 3.63) is 95.1 Å². The molecular weight excluding hydrogens is 1390 g/mol. The SMILES string of the molecule is C=CCCN1C(=O)[C@H](COCC=C)N(C)C(=O)CN(C)C(=O)[C@H]([C@@H](C)CC)NC(=O)[C@H](CC(C)C)N(C)C(=O)C[C@@H](C(=O)N(C)C)N(C)C(=O)[C@H](C2CCCC2)N(C)C(=O)C2(CCCC2)NC(=O)C2CCCN2C(=O)[C@H](CCc2ccc(C(F)(F)F)c(Cl)c2)NC(=O)CN(C)C(=O)[C@@H]1Cc1ccc(C)cc1. The molecule has 3 N–H and O–H groups in total. The molecule has 4 fully saturated rings. The minimum Gasteiger partial charge on any atom is -0.375 e. The van der Waals surface area contributed by atoms with E-state index in [0.29, 0.717) is 44.1 Å². The summed E-state index contributed by atoms with van der Waals surface area (Å²) in [6.07, 6.45) is 1.81. The standard InChI is InChI=1S/C77H112ClF3N12O13/c1-16-19-38-93-60(43-52-30-28-49(6)29-31-52)71(101)86(10)45-62(94)82-56(35-33-51-32-34-54(55(78)42-51)77(79,80)81)69(99)92-39-24-27-57(92)68(98)84-76(36-22-23-37-76)75(105)91(15)66(53-25-20-21-26-53)74(104)90(14)59(70(100)85(8)9)44-63(95)88(12)58(41-48(4)5)67(97)83-65(50(7)18-3)73(103)87(11)46-64(96)89(13)61(72(93)102)47-106-40-17-2/h16-17,28-32,34,42,48,50,53,56-61,65-66H,1-2,18-27,33,35-41,43-47H2,3-15H3,(H,82,94)(H,83,97)(H,84,98)/t50-,56-,57?,58-,59-,60-,61-,65-,66-/m0/s1. The first kappa shape index (κ1) is 86.5. The lowest BCUT2D eigenvalue weighted by Crippen LogP contribution is -2.65. The summed E-state index contributed by atoms with van der Waals surface area (Å²) >= 11 is 6.19. The normalized spacial score (nSPS) is 24.6. The number of hydrogen-bond acceptors (Lipinski definition) is 13. The zero-order chi connectivity index (χ0) is 78.8. The van der Waals surface area contributed by atoms with Crippen molar-refractivity contribution >= 4 is 82.5 Å². The summed E-state index contributed by atoms with van der Waals surface area (Å²) in [7, 11) is 11.2. The highest BCUT2D eigenvalue weighted by Crippen LogP contribution is 2.38. The maximum atomic E-state index is 15.7. The zero-order valence-electron chi connectivity index (χ0n) is 64.1. The molecule has 0 aromatic heterocycles. The predicted octanol–water partition coefficient (Wildman–Crippen LogP) is 6.21. The number of fused-ring (bicyclic) bond motifs is 1. The van der Waals surface area contributed by atoms with Gasteiger partial charge in [0.15, 0.2) is 0 Å². The molecule has 2 saturated carbocycles. The van der Waals surface area contributed by atoms with Crippen molar-refractivity contribution in [1.82, 2.24) is 60.0 Å². The molecule has 4 aliphatic rings. The van der Waals surface area contributed by atoms with Crippen molar-refractivity contribution < 1.29 is 75.4 Å². The molecule has 586 valence electrons. The Morgan fingerprint density at radius 1 is 0.717 bits per heavy atom. The highest BCUT2D eigenvalue weighted by Gasteiger charge is 2.52. The number of rotatable bonds is 18. The number of carbonyl (C=O) groups excluding carboxylic acids is 12. The predicted molar refractivity (Wildman–Crippen MR) is 395 cm³/mol. The molecule has 0 bridgehead atoms. The molecule has 6 rings (SSSR count). The molecular formula is C77H112ClF3N12O13. The number of likely N-dealkylation sites (N-methyl/N-ethyl adjacent to an activating group) is 7. The van der Waals surface area contributed by atoms with Crippen LogP contribution in [0, 0.1) is 24.7 Å². The summed E-state index contributed by atoms with van der Waals surface area (Å²) in [6, 6.07) is -0.489. The van der Waals surface area contributed by atoms with Crippen LogP contribution in [0.3, 0.4) is 0 Å². The Morgan fingerprint density at radius 3 is 1.92 bits per heavy atom. The van der Waals surface area contributed by atoms with E-state index in [1.165, 1.54) is 104 Å². The minimum absolute atomic E-state index is 0.000860. The number of hydrogen-bond donors (Lipinski definition) is 3. The van der Waals surface area contributed by atoms with Gasteiger partial charge in [0, 0.05) is 75.9 Å². The molecule has 9 atom stereocenters. The first-order chi connectivity index (χ1) is 49.9. The van der Waals surface area contributed by atoms with E-state index >= 15 is 28.8 Å². The summed E-state index contributed by atoms with van der Waals surface area (Å²) in [5.41, 5.74) is -0.938. The molecule has 2 aromatic rings. The van der Waals surface area contributed by atoms with Gasteiger partial charge in [-0.3, -0.25) is 57.5 Å². The molecule has 29 heteroatoms. The molecule has 2 aromatic carbocycles. The molecule has 1 unspecified atom stereocenters. The van der Waals surface area contributed by atoms with Crippen molar-refractivity contribution in [2.45, 2.75) is 204 Å². The fraction of sp³-hybridized carbons (Fsp3) is 0.636. The number of aryl methyl sites for hydroxylation is 2. The largest absolute Gasteiger partial charge is 0.417 e. The third-order valence-corrected chi connectivity index (χ3v) is 21.7. The lowest BCUT2D eigenvalue weighted by Gasteiger charge is -2.42. The third-order valence-electron chi connectivity index (χ3n) is 21.4. The first-order valence-electron chi connectivity index (χ1n) is 36.9. The van der Waals surface area contributed by atoms with Gasteiger partial charge in [-0.2, -0.15) is 13.2 Å². The highest BCUT2D eigenvalue weighted by molar-refractivity contribution is 6.31. The van der Waals surface area contributed by atoms with E-state index in [2.05, 4.69) is 29.1 Å². The van der Waals surface area contributed by atoms with Gasteiger partial charge in [-0.15, -0.1) is 13.2 Å². The second kappa shape index (κ2) is 38.9. The van der Waals surface area contributed by atoms with Gasteiger partial charge in [0.1, 0.15) is 53.9 Å². The van der Waals surface area contributed by atoms with Crippen molar-refractivity contribution in [2.75, 3.05) is 95.8 Å². The van der Waals surface area contributed by atoms with E-state index in [1.54, 1.807) is 19.1 Å². The monoisotopic (exact) mass is 1500 g/mol. The zero-order valence-corrected chi connectivity index (χ0v) is 64.8. The smallest absolute Gasteiger partial charge is 0.375 e. The van der Waals surface area contributed by atoms with E-state index in [1.807, 2.05) is 39.8 Å². The lowest BCUT2D eigenvalue weighted by molar-refractivity contribution is -0.156. The van der Waals surface area contributed by atoms with Gasteiger partial charge in [0.25, 0.3) is 0 Å². The number of amides is 12. The van der Waals surface area contributed by atoms with Crippen LogP contribution >= 0.6 is 11.6 Å². The van der Waals surface area contributed by atoms with Gasteiger partial charge in [-0.25, -0.2) is 0 Å². The van der Waals surface area contributed by atoms with Crippen LogP contribution in [0.15, 0.2) is 67.8 Å². The Bertz CT molecular complexity index is 3490. The highest BCUT2D eigenvalue weighted by atomic mass is 35.5. The Morgan fingerprint density at radius 2 is 1.34 bits per heavy atom. The van der Waals surface area contributed by atoms with Crippen LogP contribution in [-0.4, -0.2) is 265 Å². The first-order valence-corrected chi connectivity index (χ1v) is 37.3. The molecule has 25 nitrogen and oxygen atoms in total. The van der Waals surface area contributed by atoms with E-state index < -0.39 is 179 Å². The quantitative estimate of drug-likeness (QED) is 0.111. The van der Waals surface area contributed by atoms with Gasteiger partial charge >= 0.3 is 6.18 Å². The van der Waals surface area contributed by atoms with Gasteiger partial charge in [-0.05, 0) is 112 Å². The van der Waals surface area contributed by atoms with Crippen LogP contribution in [0.2, 0.25) is 5.02 Å². The van der Waals surface area contributed by atoms with Crippen molar-refractivity contribution in [1.29, 1.82) is 0 Å². The number of benzene rings is 2. The topological polar surface area (TPSA) is 279 Å². The molecule has 1 spiro atoms.